The number of anilines is 1. The zero-order valence-electron chi connectivity index (χ0n) is 14.3. The largest absolute Gasteiger partial charge is 0.573 e. The van der Waals surface area contributed by atoms with E-state index in [0.29, 0.717) is 11.3 Å². The number of hydrogen-bond acceptors (Lipinski definition) is 4. The Bertz CT molecular complexity index is 798. The molecule has 0 radical (unpaired) electrons. The molecule has 0 atom stereocenters. The monoisotopic (exact) mass is 369 g/mol. The highest BCUT2D eigenvalue weighted by Gasteiger charge is 2.31. The molecule has 0 aromatic heterocycles. The molecule has 2 rings (SSSR count). The van der Waals surface area contributed by atoms with Crippen LogP contribution in [0.2, 0.25) is 0 Å². The zero-order chi connectivity index (χ0) is 19.5. The molecule has 2 aromatic carbocycles. The van der Waals surface area contributed by atoms with Crippen LogP contribution < -0.4 is 10.1 Å². The summed E-state index contributed by atoms with van der Waals surface area (Å²) < 4.78 is 46.1. The molecule has 2 N–H and O–H groups in total. The van der Waals surface area contributed by atoms with E-state index in [-0.39, 0.29) is 11.3 Å². The fourth-order valence-corrected chi connectivity index (χ4v) is 2.14. The van der Waals surface area contributed by atoms with Crippen molar-refractivity contribution in [1.82, 2.24) is 0 Å². The van der Waals surface area contributed by atoms with E-state index in [1.165, 1.54) is 12.1 Å². The number of benzene rings is 2. The summed E-state index contributed by atoms with van der Waals surface area (Å²) in [5.41, 5.74) is 0.480. The van der Waals surface area contributed by atoms with E-state index in [0.717, 1.165) is 12.1 Å². The quantitative estimate of drug-likeness (QED) is 0.770. The third kappa shape index (κ3) is 6.19. The highest BCUT2D eigenvalue weighted by atomic mass is 19.4. The van der Waals surface area contributed by atoms with Gasteiger partial charge in [0.25, 0.3) is 0 Å². The molecule has 140 valence electrons. The molecular formula is C18H18F3NO4. The molecule has 0 aliphatic rings. The summed E-state index contributed by atoms with van der Waals surface area (Å²) >= 11 is 0. The molecule has 5 nitrogen and oxygen atoms in total. The molecule has 0 unspecified atom stereocenters. The summed E-state index contributed by atoms with van der Waals surface area (Å²) in [7, 11) is 0. The van der Waals surface area contributed by atoms with Crippen LogP contribution >= 0.6 is 0 Å². The van der Waals surface area contributed by atoms with Crippen LogP contribution in [0.25, 0.3) is 11.1 Å². The molecule has 0 spiro atoms. The molecule has 0 aliphatic carbocycles. The van der Waals surface area contributed by atoms with Crippen LogP contribution in [0.4, 0.5) is 23.7 Å². The second kappa shape index (κ2) is 7.15. The maximum Gasteiger partial charge on any atom is 0.573 e. The lowest BCUT2D eigenvalue weighted by molar-refractivity contribution is -0.274. The number of hydrogen-bond donors (Lipinski definition) is 2. The van der Waals surface area contributed by atoms with Gasteiger partial charge in [-0.2, -0.15) is 0 Å². The fraction of sp³-hybridized carbons (Fsp3) is 0.278. The van der Waals surface area contributed by atoms with Crippen molar-refractivity contribution in [3.8, 4) is 22.6 Å². The van der Waals surface area contributed by atoms with Crippen LogP contribution in [0.15, 0.2) is 42.5 Å². The van der Waals surface area contributed by atoms with Gasteiger partial charge in [0, 0.05) is 11.8 Å². The average Bonchev–Trinajstić information content (AvgIpc) is 2.42. The molecule has 0 aliphatic heterocycles. The second-order valence-electron chi connectivity index (χ2n) is 6.47. The Hall–Kier alpha value is -2.90. The summed E-state index contributed by atoms with van der Waals surface area (Å²) in [5.74, 6) is -0.926. The van der Waals surface area contributed by atoms with Crippen LogP contribution in [0.5, 0.6) is 11.5 Å². The maximum absolute atomic E-state index is 12.4. The van der Waals surface area contributed by atoms with Gasteiger partial charge in [-0.05, 0) is 56.2 Å². The van der Waals surface area contributed by atoms with Gasteiger partial charge in [-0.1, -0.05) is 12.1 Å². The SMILES string of the molecule is CC(C)(C)OC(=O)Nc1cccc(-c2cc(O)cc(OC(F)(F)F)c2)c1. The fourth-order valence-electron chi connectivity index (χ4n) is 2.14. The minimum atomic E-state index is -4.87. The lowest BCUT2D eigenvalue weighted by Gasteiger charge is -2.19. The third-order valence-corrected chi connectivity index (χ3v) is 2.97. The predicted octanol–water partition coefficient (Wildman–Crippen LogP) is 5.30. The molecule has 1 amide bonds. The zero-order valence-corrected chi connectivity index (χ0v) is 14.3. The van der Waals surface area contributed by atoms with Gasteiger partial charge in [0.2, 0.25) is 0 Å². The van der Waals surface area contributed by atoms with Gasteiger partial charge in [0.05, 0.1) is 0 Å². The number of rotatable bonds is 3. The molecule has 8 heteroatoms. The first kappa shape index (κ1) is 19.4. The Kier molecular flexibility index (Phi) is 5.34. The highest BCUT2D eigenvalue weighted by molar-refractivity contribution is 5.86. The van der Waals surface area contributed by atoms with Gasteiger partial charge in [0.15, 0.2) is 0 Å². The molecule has 26 heavy (non-hydrogen) atoms. The van der Waals surface area contributed by atoms with Crippen LogP contribution in [0.1, 0.15) is 20.8 Å². The molecule has 0 heterocycles. The summed E-state index contributed by atoms with van der Waals surface area (Å²) in [6.07, 6.45) is -5.53. The number of amides is 1. The molecule has 0 fully saturated rings. The Labute approximate surface area is 148 Å². The Morgan fingerprint density at radius 3 is 2.35 bits per heavy atom. The van der Waals surface area contributed by atoms with Gasteiger partial charge in [-0.15, -0.1) is 13.2 Å². The first-order chi connectivity index (χ1) is 11.9. The second-order valence-corrected chi connectivity index (χ2v) is 6.47. The van der Waals surface area contributed by atoms with Crippen molar-refractivity contribution in [2.75, 3.05) is 5.32 Å². The molecule has 0 bridgehead atoms. The van der Waals surface area contributed by atoms with Gasteiger partial charge < -0.3 is 14.6 Å². The van der Waals surface area contributed by atoms with E-state index in [1.54, 1.807) is 39.0 Å². The number of carbonyl (C=O) groups is 1. The number of phenols is 1. The van der Waals surface area contributed by atoms with E-state index >= 15 is 0 Å². The van der Waals surface area contributed by atoms with Gasteiger partial charge in [0.1, 0.15) is 17.1 Å². The lowest BCUT2D eigenvalue weighted by atomic mass is 10.0. The van der Waals surface area contributed by atoms with Crippen molar-refractivity contribution >= 4 is 11.8 Å². The number of ether oxygens (including phenoxy) is 2. The van der Waals surface area contributed by atoms with E-state index in [1.807, 2.05) is 0 Å². The third-order valence-electron chi connectivity index (χ3n) is 2.97. The van der Waals surface area contributed by atoms with Crippen LogP contribution in [-0.2, 0) is 4.74 Å². The predicted molar refractivity (Wildman–Crippen MR) is 90.1 cm³/mol. The van der Waals surface area contributed by atoms with Crippen molar-refractivity contribution in [1.29, 1.82) is 0 Å². The van der Waals surface area contributed by atoms with Gasteiger partial charge in [-0.25, -0.2) is 4.79 Å². The lowest BCUT2D eigenvalue weighted by Crippen LogP contribution is -2.27. The van der Waals surface area contributed by atoms with Crippen LogP contribution in [-0.4, -0.2) is 23.2 Å². The Balaban J connectivity index is 2.26. The molecule has 2 aromatic rings. The number of nitrogens with one attached hydrogen (secondary N) is 1. The van der Waals surface area contributed by atoms with E-state index in [9.17, 15) is 23.1 Å². The van der Waals surface area contributed by atoms with Gasteiger partial charge in [-0.3, -0.25) is 5.32 Å². The van der Waals surface area contributed by atoms with E-state index < -0.39 is 23.8 Å². The number of halogens is 3. The Morgan fingerprint density at radius 2 is 1.73 bits per heavy atom. The molecular weight excluding hydrogens is 351 g/mol. The van der Waals surface area contributed by atoms with Gasteiger partial charge >= 0.3 is 12.5 Å². The minimum Gasteiger partial charge on any atom is -0.508 e. The van der Waals surface area contributed by atoms with Crippen molar-refractivity contribution in [2.24, 2.45) is 0 Å². The maximum atomic E-state index is 12.4. The van der Waals surface area contributed by atoms with E-state index in [2.05, 4.69) is 10.1 Å². The van der Waals surface area contributed by atoms with Crippen molar-refractivity contribution < 1.29 is 32.5 Å². The number of alkyl halides is 3. The number of aromatic hydroxyl groups is 1. The first-order valence-corrected chi connectivity index (χ1v) is 7.61. The van der Waals surface area contributed by atoms with E-state index in [4.69, 9.17) is 4.74 Å². The average molecular weight is 369 g/mol. The van der Waals surface area contributed by atoms with Crippen LogP contribution in [0.3, 0.4) is 0 Å². The first-order valence-electron chi connectivity index (χ1n) is 7.61. The standard InChI is InChI=1S/C18H18F3NO4/c1-17(2,3)26-16(24)22-13-6-4-5-11(7-13)12-8-14(23)10-15(9-12)25-18(19,20)21/h4-10,23H,1-3H3,(H,22,24). The smallest absolute Gasteiger partial charge is 0.508 e. The summed E-state index contributed by atoms with van der Waals surface area (Å²) in [5, 5.41) is 12.2. The number of phenolic OH excluding ortho intramolecular Hbond substituents is 1. The topological polar surface area (TPSA) is 67.8 Å². The van der Waals surface area contributed by atoms with Crippen molar-refractivity contribution in [2.45, 2.75) is 32.7 Å². The van der Waals surface area contributed by atoms with Crippen molar-refractivity contribution in [3.05, 3.63) is 42.5 Å². The Morgan fingerprint density at radius 1 is 1.04 bits per heavy atom. The van der Waals surface area contributed by atoms with Crippen molar-refractivity contribution in [3.63, 3.8) is 0 Å². The summed E-state index contributed by atoms with van der Waals surface area (Å²) in [6.45, 7) is 5.16. The minimum absolute atomic E-state index is 0.289. The summed E-state index contributed by atoms with van der Waals surface area (Å²) in [4.78, 5) is 11.8. The van der Waals surface area contributed by atoms with Crippen LogP contribution in [0, 0.1) is 0 Å². The molecule has 0 saturated carbocycles. The normalized spacial score (nSPS) is 11.8. The highest BCUT2D eigenvalue weighted by Crippen LogP contribution is 2.33. The molecule has 0 saturated heterocycles. The number of carbonyl (C=O) groups excluding carboxylic acids is 1. The summed E-state index contributed by atoms with van der Waals surface area (Å²) in [6, 6.07) is 9.65.